The molecular weight excluding hydrogens is 252 g/mol. The highest BCUT2D eigenvalue weighted by molar-refractivity contribution is 5.77. The van der Waals surface area contributed by atoms with E-state index < -0.39 is 0 Å². The fraction of sp³-hybridized carbons (Fsp3) is 0.500. The molecule has 0 fully saturated rings. The number of para-hydroxylation sites is 1. The van der Waals surface area contributed by atoms with Crippen LogP contribution in [-0.2, 0) is 4.74 Å². The van der Waals surface area contributed by atoms with Crippen LogP contribution in [0.3, 0.4) is 0 Å². The minimum atomic E-state index is -0.107. The summed E-state index contributed by atoms with van der Waals surface area (Å²) in [5.74, 6) is 0.848. The van der Waals surface area contributed by atoms with Crippen LogP contribution in [0.5, 0.6) is 0 Å². The number of hydrogen-bond acceptors (Lipinski definition) is 4. The summed E-state index contributed by atoms with van der Waals surface area (Å²) < 4.78 is 11.2. The number of nitrogens with two attached hydrogens (primary N) is 1. The lowest BCUT2D eigenvalue weighted by atomic mass is 10.2. The average molecular weight is 276 g/mol. The van der Waals surface area contributed by atoms with Crippen molar-refractivity contribution >= 4 is 11.0 Å². The average Bonchev–Trinajstić information content (AvgIpc) is 2.90. The molecule has 1 aromatic carbocycles. The molecule has 2 rings (SSSR count). The summed E-state index contributed by atoms with van der Waals surface area (Å²) in [6.07, 6.45) is 0. The van der Waals surface area contributed by atoms with Gasteiger partial charge >= 0.3 is 0 Å². The molecule has 0 radical (unpaired) electrons. The maximum Gasteiger partial charge on any atom is 0.134 e. The van der Waals surface area contributed by atoms with Gasteiger partial charge in [0.05, 0.1) is 12.6 Å². The van der Waals surface area contributed by atoms with E-state index in [4.69, 9.17) is 14.9 Å². The summed E-state index contributed by atoms with van der Waals surface area (Å²) >= 11 is 0. The Morgan fingerprint density at radius 1 is 1.30 bits per heavy atom. The Morgan fingerprint density at radius 3 is 2.80 bits per heavy atom. The third-order valence-electron chi connectivity index (χ3n) is 3.47. The Morgan fingerprint density at radius 2 is 2.10 bits per heavy atom. The molecule has 2 aromatic rings. The molecular formula is C16H24N2O2. The van der Waals surface area contributed by atoms with Crippen LogP contribution in [0.1, 0.15) is 25.6 Å². The van der Waals surface area contributed by atoms with Crippen LogP contribution in [0.25, 0.3) is 11.0 Å². The topological polar surface area (TPSA) is 51.6 Å². The normalized spacial score (nSPS) is 13.2. The number of benzene rings is 1. The van der Waals surface area contributed by atoms with Crippen LogP contribution in [0.2, 0.25) is 0 Å². The van der Waals surface area contributed by atoms with E-state index >= 15 is 0 Å². The molecule has 0 saturated heterocycles. The Balaban J connectivity index is 1.97. The van der Waals surface area contributed by atoms with E-state index in [0.717, 1.165) is 49.6 Å². The maximum atomic E-state index is 6.26. The number of ether oxygens (including phenoxy) is 1. The zero-order chi connectivity index (χ0) is 14.4. The molecule has 4 heteroatoms. The molecule has 0 aliphatic carbocycles. The number of rotatable bonds is 8. The van der Waals surface area contributed by atoms with E-state index in [-0.39, 0.29) is 6.04 Å². The lowest BCUT2D eigenvalue weighted by molar-refractivity contribution is 0.112. The second kappa shape index (κ2) is 7.43. The van der Waals surface area contributed by atoms with Gasteiger partial charge in [-0.05, 0) is 25.6 Å². The zero-order valence-corrected chi connectivity index (χ0v) is 12.3. The van der Waals surface area contributed by atoms with Crippen LogP contribution >= 0.6 is 0 Å². The Bertz CT molecular complexity index is 491. The van der Waals surface area contributed by atoms with E-state index in [0.29, 0.717) is 0 Å². The van der Waals surface area contributed by atoms with Gasteiger partial charge in [-0.2, -0.15) is 0 Å². The van der Waals surface area contributed by atoms with Crippen molar-refractivity contribution < 1.29 is 9.15 Å². The number of hydrogen-bond donors (Lipinski definition) is 1. The van der Waals surface area contributed by atoms with Gasteiger partial charge in [0.15, 0.2) is 0 Å². The second-order valence-electron chi connectivity index (χ2n) is 4.88. The van der Waals surface area contributed by atoms with Crippen molar-refractivity contribution in [3.8, 4) is 0 Å². The molecule has 1 atom stereocenters. The third-order valence-corrected chi connectivity index (χ3v) is 3.47. The molecule has 110 valence electrons. The van der Waals surface area contributed by atoms with Gasteiger partial charge in [0.1, 0.15) is 11.3 Å². The molecule has 1 aromatic heterocycles. The van der Waals surface area contributed by atoms with E-state index in [1.54, 1.807) is 0 Å². The van der Waals surface area contributed by atoms with E-state index in [1.807, 2.05) is 37.3 Å². The number of furan rings is 1. The van der Waals surface area contributed by atoms with E-state index in [1.165, 1.54) is 0 Å². The van der Waals surface area contributed by atoms with Crippen molar-refractivity contribution in [1.29, 1.82) is 0 Å². The molecule has 1 unspecified atom stereocenters. The third kappa shape index (κ3) is 3.82. The van der Waals surface area contributed by atoms with Crippen LogP contribution in [0.4, 0.5) is 0 Å². The number of nitrogens with zero attached hydrogens (tertiary/aromatic N) is 1. The van der Waals surface area contributed by atoms with Gasteiger partial charge in [0.25, 0.3) is 0 Å². The quantitative estimate of drug-likeness (QED) is 0.753. The minimum Gasteiger partial charge on any atom is -0.459 e. The van der Waals surface area contributed by atoms with Crippen molar-refractivity contribution in [2.24, 2.45) is 5.73 Å². The molecule has 1 heterocycles. The molecule has 0 amide bonds. The Labute approximate surface area is 120 Å². The van der Waals surface area contributed by atoms with Crippen molar-refractivity contribution in [1.82, 2.24) is 4.90 Å². The first-order chi connectivity index (χ1) is 9.74. The van der Waals surface area contributed by atoms with Gasteiger partial charge in [-0.25, -0.2) is 0 Å². The SMILES string of the molecule is CCOCCN(CC)CC(N)c1cc2ccccc2o1. The minimum absolute atomic E-state index is 0.107. The van der Waals surface area contributed by atoms with Crippen molar-refractivity contribution in [3.05, 3.63) is 36.1 Å². The standard InChI is InChI=1S/C16H24N2O2/c1-3-18(9-10-19-4-2)12-14(17)16-11-13-7-5-6-8-15(13)20-16/h5-8,11,14H,3-4,9-10,12,17H2,1-2H3. The summed E-state index contributed by atoms with van der Waals surface area (Å²) in [5.41, 5.74) is 7.16. The summed E-state index contributed by atoms with van der Waals surface area (Å²) in [6, 6.07) is 9.93. The fourth-order valence-electron chi connectivity index (χ4n) is 2.27. The van der Waals surface area contributed by atoms with Gasteiger partial charge in [0.2, 0.25) is 0 Å². The maximum absolute atomic E-state index is 6.26. The van der Waals surface area contributed by atoms with Crippen LogP contribution in [0, 0.1) is 0 Å². The summed E-state index contributed by atoms with van der Waals surface area (Å²) in [4.78, 5) is 2.29. The van der Waals surface area contributed by atoms with E-state index in [2.05, 4.69) is 11.8 Å². The van der Waals surface area contributed by atoms with Crippen molar-refractivity contribution in [2.45, 2.75) is 19.9 Å². The van der Waals surface area contributed by atoms with Crippen LogP contribution in [0.15, 0.2) is 34.7 Å². The van der Waals surface area contributed by atoms with Gasteiger partial charge in [0, 0.05) is 25.1 Å². The molecule has 0 aliphatic heterocycles. The van der Waals surface area contributed by atoms with Crippen molar-refractivity contribution in [2.75, 3.05) is 32.8 Å². The zero-order valence-electron chi connectivity index (χ0n) is 12.3. The molecule has 2 N–H and O–H groups in total. The molecule has 0 spiro atoms. The van der Waals surface area contributed by atoms with Gasteiger partial charge in [-0.1, -0.05) is 25.1 Å². The van der Waals surface area contributed by atoms with Crippen LogP contribution in [-0.4, -0.2) is 37.7 Å². The predicted octanol–water partition coefficient (Wildman–Crippen LogP) is 2.79. The first-order valence-corrected chi connectivity index (χ1v) is 7.28. The molecule has 0 saturated carbocycles. The lowest BCUT2D eigenvalue weighted by Gasteiger charge is -2.23. The fourth-order valence-corrected chi connectivity index (χ4v) is 2.27. The molecule has 0 aliphatic rings. The van der Waals surface area contributed by atoms with Gasteiger partial charge in [-0.15, -0.1) is 0 Å². The van der Waals surface area contributed by atoms with Gasteiger partial charge < -0.3 is 14.9 Å². The summed E-state index contributed by atoms with van der Waals surface area (Å²) in [6.45, 7) is 8.29. The molecule has 0 bridgehead atoms. The molecule has 20 heavy (non-hydrogen) atoms. The van der Waals surface area contributed by atoms with Crippen LogP contribution < -0.4 is 5.73 Å². The number of likely N-dealkylation sites (N-methyl/N-ethyl adjacent to an activating group) is 1. The summed E-state index contributed by atoms with van der Waals surface area (Å²) in [5, 5.41) is 1.11. The highest BCUT2D eigenvalue weighted by Gasteiger charge is 2.15. The highest BCUT2D eigenvalue weighted by atomic mass is 16.5. The first-order valence-electron chi connectivity index (χ1n) is 7.28. The smallest absolute Gasteiger partial charge is 0.134 e. The first kappa shape index (κ1) is 15.0. The monoisotopic (exact) mass is 276 g/mol. The lowest BCUT2D eigenvalue weighted by Crippen LogP contribution is -2.34. The highest BCUT2D eigenvalue weighted by Crippen LogP contribution is 2.23. The van der Waals surface area contributed by atoms with Gasteiger partial charge in [-0.3, -0.25) is 4.90 Å². The Kier molecular flexibility index (Phi) is 5.59. The number of fused-ring (bicyclic) bond motifs is 1. The molecule has 4 nitrogen and oxygen atoms in total. The largest absolute Gasteiger partial charge is 0.459 e. The second-order valence-corrected chi connectivity index (χ2v) is 4.88. The Hall–Kier alpha value is -1.36. The van der Waals surface area contributed by atoms with E-state index in [9.17, 15) is 0 Å². The van der Waals surface area contributed by atoms with Crippen molar-refractivity contribution in [3.63, 3.8) is 0 Å². The predicted molar refractivity (Wildman–Crippen MR) is 81.7 cm³/mol. The summed E-state index contributed by atoms with van der Waals surface area (Å²) in [7, 11) is 0.